The summed E-state index contributed by atoms with van der Waals surface area (Å²) in [7, 11) is 0. The first-order valence-corrected chi connectivity index (χ1v) is 10.8. The number of hydrogen-bond donors (Lipinski definition) is 1. The number of furan rings is 1. The molecule has 0 aliphatic rings. The number of fused-ring (bicyclic) bond motifs is 1. The summed E-state index contributed by atoms with van der Waals surface area (Å²) < 4.78 is 10.9. The molecule has 4 aromatic rings. The number of benzene rings is 2. The molecule has 0 atom stereocenters. The Labute approximate surface area is 183 Å². The fraction of sp³-hybridized carbons (Fsp3) is 0.208. The summed E-state index contributed by atoms with van der Waals surface area (Å²) in [6, 6.07) is 15.6. The van der Waals surface area contributed by atoms with E-state index in [1.807, 2.05) is 60.8 Å². The molecule has 4 rings (SSSR count). The third-order valence-electron chi connectivity index (χ3n) is 4.77. The lowest BCUT2D eigenvalue weighted by molar-refractivity contribution is -0.144. The minimum atomic E-state index is -0.349. The molecule has 6 nitrogen and oxygen atoms in total. The van der Waals surface area contributed by atoms with E-state index in [9.17, 15) is 9.59 Å². The van der Waals surface area contributed by atoms with Crippen molar-refractivity contribution in [2.45, 2.75) is 32.9 Å². The van der Waals surface area contributed by atoms with Crippen molar-refractivity contribution in [3.63, 3.8) is 0 Å². The van der Waals surface area contributed by atoms with Crippen LogP contribution in [0.3, 0.4) is 0 Å². The number of nitrogens with zero attached hydrogens (tertiary/aromatic N) is 1. The molecule has 2 aromatic heterocycles. The zero-order valence-corrected chi connectivity index (χ0v) is 17.9. The number of aryl methyl sites for hydroxylation is 1. The maximum Gasteiger partial charge on any atom is 0.310 e. The van der Waals surface area contributed by atoms with Crippen LogP contribution in [0, 0.1) is 6.92 Å². The van der Waals surface area contributed by atoms with Crippen LogP contribution in [0.25, 0.3) is 11.0 Å². The van der Waals surface area contributed by atoms with E-state index >= 15 is 0 Å². The third-order valence-corrected chi connectivity index (χ3v) is 5.67. The van der Waals surface area contributed by atoms with Crippen LogP contribution in [0.15, 0.2) is 64.6 Å². The molecule has 0 saturated carbocycles. The van der Waals surface area contributed by atoms with Crippen molar-refractivity contribution < 1.29 is 18.7 Å². The van der Waals surface area contributed by atoms with Gasteiger partial charge >= 0.3 is 5.97 Å². The topological polar surface area (TPSA) is 81.4 Å². The maximum absolute atomic E-state index is 12.2. The number of carbonyl (C=O) groups is 2. The molecule has 0 bridgehead atoms. The zero-order valence-electron chi connectivity index (χ0n) is 17.1. The van der Waals surface area contributed by atoms with Crippen molar-refractivity contribution in [2.75, 3.05) is 0 Å². The van der Waals surface area contributed by atoms with E-state index in [1.165, 1.54) is 11.3 Å². The number of rotatable bonds is 8. The smallest absolute Gasteiger partial charge is 0.310 e. The average Bonchev–Trinajstić information content (AvgIpc) is 3.38. The Bertz CT molecular complexity index is 1200. The Morgan fingerprint density at radius 2 is 1.97 bits per heavy atom. The Kier molecular flexibility index (Phi) is 6.43. The maximum atomic E-state index is 12.2. The van der Waals surface area contributed by atoms with Crippen molar-refractivity contribution in [1.29, 1.82) is 0 Å². The highest BCUT2D eigenvalue weighted by Gasteiger charge is 2.13. The second kappa shape index (κ2) is 9.57. The third kappa shape index (κ3) is 5.58. The summed E-state index contributed by atoms with van der Waals surface area (Å²) in [5, 5.41) is 6.30. The minimum Gasteiger partial charge on any atom is -0.464 e. The van der Waals surface area contributed by atoms with Crippen LogP contribution >= 0.6 is 11.3 Å². The van der Waals surface area contributed by atoms with Gasteiger partial charge in [-0.3, -0.25) is 9.59 Å². The van der Waals surface area contributed by atoms with Gasteiger partial charge < -0.3 is 14.5 Å². The molecule has 0 radical (unpaired) electrons. The van der Waals surface area contributed by atoms with Gasteiger partial charge in [-0.15, -0.1) is 11.3 Å². The molecule has 0 aliphatic heterocycles. The lowest BCUT2D eigenvalue weighted by atomic mass is 10.1. The number of ether oxygens (including phenoxy) is 1. The number of esters is 1. The van der Waals surface area contributed by atoms with Gasteiger partial charge in [-0.25, -0.2) is 4.98 Å². The fourth-order valence-electron chi connectivity index (χ4n) is 3.18. The van der Waals surface area contributed by atoms with E-state index in [-0.39, 0.29) is 31.3 Å². The summed E-state index contributed by atoms with van der Waals surface area (Å²) in [6.45, 7) is 2.55. The summed E-state index contributed by atoms with van der Waals surface area (Å²) in [4.78, 5) is 28.8. The molecule has 7 heteroatoms. The number of nitrogens with one attached hydrogen (secondary N) is 1. The molecule has 31 heavy (non-hydrogen) atoms. The molecule has 2 heterocycles. The van der Waals surface area contributed by atoms with Crippen LogP contribution < -0.4 is 5.32 Å². The van der Waals surface area contributed by atoms with Crippen molar-refractivity contribution in [1.82, 2.24) is 10.3 Å². The minimum absolute atomic E-state index is 0.0792. The molecule has 0 spiro atoms. The first kappa shape index (κ1) is 20.8. The lowest BCUT2D eigenvalue weighted by Gasteiger charge is -2.04. The van der Waals surface area contributed by atoms with Crippen LogP contribution in [-0.4, -0.2) is 16.9 Å². The van der Waals surface area contributed by atoms with Crippen LogP contribution in [0.2, 0.25) is 0 Å². The Morgan fingerprint density at radius 3 is 2.81 bits per heavy atom. The van der Waals surface area contributed by atoms with Crippen molar-refractivity contribution in [3.8, 4) is 0 Å². The molecule has 1 N–H and O–H groups in total. The SMILES string of the molecule is Cc1ccc2c(CC(=O)OCc3csc(CC(=O)NCc4ccccc4)n3)coc2c1. The quantitative estimate of drug-likeness (QED) is 0.417. The average molecular weight is 435 g/mol. The first-order chi connectivity index (χ1) is 15.1. The van der Waals surface area contributed by atoms with Gasteiger partial charge in [0.25, 0.3) is 0 Å². The standard InChI is InChI=1S/C24H22N2O4S/c1-16-7-8-20-18(13-29-21(20)9-16)10-24(28)30-14-19-15-31-23(26-19)11-22(27)25-12-17-5-3-2-4-6-17/h2-9,13,15H,10-12,14H2,1H3,(H,25,27). The molecular formula is C24H22N2O4S. The van der Waals surface area contributed by atoms with Gasteiger partial charge in [-0.1, -0.05) is 42.5 Å². The van der Waals surface area contributed by atoms with Gasteiger partial charge in [-0.05, 0) is 24.1 Å². The fourth-order valence-corrected chi connectivity index (χ4v) is 3.96. The Balaban J connectivity index is 1.24. The van der Waals surface area contributed by atoms with Gasteiger partial charge in [0.05, 0.1) is 24.8 Å². The molecule has 0 unspecified atom stereocenters. The van der Waals surface area contributed by atoms with E-state index in [2.05, 4.69) is 10.3 Å². The number of aromatic nitrogens is 1. The van der Waals surface area contributed by atoms with E-state index < -0.39 is 0 Å². The van der Waals surface area contributed by atoms with Gasteiger partial charge in [0.1, 0.15) is 17.2 Å². The van der Waals surface area contributed by atoms with Crippen molar-refractivity contribution in [2.24, 2.45) is 0 Å². The predicted molar refractivity (Wildman–Crippen MR) is 119 cm³/mol. The highest BCUT2D eigenvalue weighted by molar-refractivity contribution is 7.09. The summed E-state index contributed by atoms with van der Waals surface area (Å²) in [6.07, 6.45) is 1.93. The van der Waals surface area contributed by atoms with E-state index in [1.54, 1.807) is 6.26 Å². The molecule has 2 aromatic carbocycles. The molecule has 0 aliphatic carbocycles. The first-order valence-electron chi connectivity index (χ1n) is 9.93. The summed E-state index contributed by atoms with van der Waals surface area (Å²) in [5.74, 6) is -0.442. The summed E-state index contributed by atoms with van der Waals surface area (Å²) in [5.41, 5.74) is 4.34. The Hall–Kier alpha value is -3.45. The molecule has 158 valence electrons. The monoisotopic (exact) mass is 434 g/mol. The Morgan fingerprint density at radius 1 is 1.13 bits per heavy atom. The highest BCUT2D eigenvalue weighted by Crippen LogP contribution is 2.23. The predicted octanol–water partition coefficient (Wildman–Crippen LogP) is 4.34. The van der Waals surface area contributed by atoms with E-state index in [4.69, 9.17) is 9.15 Å². The van der Waals surface area contributed by atoms with Crippen molar-refractivity contribution >= 4 is 34.2 Å². The van der Waals surface area contributed by atoms with Gasteiger partial charge in [0.15, 0.2) is 0 Å². The molecule has 1 amide bonds. The van der Waals surface area contributed by atoms with Crippen LogP contribution in [0.5, 0.6) is 0 Å². The van der Waals surface area contributed by atoms with Crippen LogP contribution in [0.1, 0.15) is 27.4 Å². The number of amides is 1. The number of hydrogen-bond acceptors (Lipinski definition) is 6. The number of thiazole rings is 1. The highest BCUT2D eigenvalue weighted by atomic mass is 32.1. The molecule has 0 saturated heterocycles. The second-order valence-corrected chi connectivity index (χ2v) is 8.21. The van der Waals surface area contributed by atoms with Gasteiger partial charge in [0, 0.05) is 22.9 Å². The summed E-state index contributed by atoms with van der Waals surface area (Å²) >= 11 is 1.38. The van der Waals surface area contributed by atoms with Gasteiger partial charge in [-0.2, -0.15) is 0 Å². The largest absolute Gasteiger partial charge is 0.464 e. The molecule has 0 fully saturated rings. The zero-order chi connectivity index (χ0) is 21.6. The van der Waals surface area contributed by atoms with E-state index in [0.717, 1.165) is 27.7 Å². The molecular weight excluding hydrogens is 412 g/mol. The lowest BCUT2D eigenvalue weighted by Crippen LogP contribution is -2.24. The van der Waals surface area contributed by atoms with Crippen molar-refractivity contribution in [3.05, 3.63) is 87.6 Å². The van der Waals surface area contributed by atoms with E-state index in [0.29, 0.717) is 17.2 Å². The normalized spacial score (nSPS) is 10.9. The second-order valence-electron chi connectivity index (χ2n) is 7.27. The van der Waals surface area contributed by atoms with Gasteiger partial charge in [0.2, 0.25) is 5.91 Å². The number of carbonyl (C=O) groups excluding carboxylic acids is 2. The van der Waals surface area contributed by atoms with Crippen LogP contribution in [-0.2, 0) is 40.3 Å². The van der Waals surface area contributed by atoms with Crippen LogP contribution in [0.4, 0.5) is 0 Å².